The fourth-order valence-corrected chi connectivity index (χ4v) is 4.28. The van der Waals surface area contributed by atoms with Crippen molar-refractivity contribution in [3.8, 4) is 11.1 Å². The van der Waals surface area contributed by atoms with Gasteiger partial charge in [0, 0.05) is 54.1 Å². The van der Waals surface area contributed by atoms with E-state index in [2.05, 4.69) is 25.0 Å². The van der Waals surface area contributed by atoms with E-state index in [9.17, 15) is 9.18 Å². The van der Waals surface area contributed by atoms with E-state index in [1.165, 1.54) is 6.26 Å². The minimum absolute atomic E-state index is 0.133. The molecule has 1 saturated heterocycles. The molecular weight excluding hydrogens is 423 g/mol. The molecule has 4 aromatic rings. The van der Waals surface area contributed by atoms with Gasteiger partial charge in [-0.1, -0.05) is 0 Å². The third-order valence-electron chi connectivity index (χ3n) is 6.15. The zero-order valence-corrected chi connectivity index (χ0v) is 18.4. The Balaban J connectivity index is 1.28. The van der Waals surface area contributed by atoms with E-state index >= 15 is 0 Å². The summed E-state index contributed by atoms with van der Waals surface area (Å²) in [5.41, 5.74) is 3.67. The molecule has 0 unspecified atom stereocenters. The number of hydrogen-bond acceptors (Lipinski definition) is 7. The molecule has 0 saturated carbocycles. The molecule has 170 valence electrons. The fourth-order valence-electron chi connectivity index (χ4n) is 4.28. The predicted molar refractivity (Wildman–Crippen MR) is 121 cm³/mol. The minimum atomic E-state index is -0.327. The Morgan fingerprint density at radius 3 is 2.76 bits per heavy atom. The van der Waals surface area contributed by atoms with E-state index in [0.29, 0.717) is 23.8 Å². The number of nitrogens with zero attached hydrogens (tertiary/aromatic N) is 6. The van der Waals surface area contributed by atoms with Crippen LogP contribution in [0.2, 0.25) is 0 Å². The van der Waals surface area contributed by atoms with Crippen molar-refractivity contribution in [2.24, 2.45) is 7.05 Å². The average Bonchev–Trinajstić information content (AvgIpc) is 3.49. The number of carbonyl (C=O) groups excluding carboxylic acids is 1. The van der Waals surface area contributed by atoms with Crippen molar-refractivity contribution in [3.63, 3.8) is 0 Å². The molecule has 5 rings (SSSR count). The van der Waals surface area contributed by atoms with Crippen molar-refractivity contribution in [2.75, 3.05) is 26.3 Å². The summed E-state index contributed by atoms with van der Waals surface area (Å²) < 4.78 is 19.9. The van der Waals surface area contributed by atoms with E-state index in [-0.39, 0.29) is 24.8 Å². The van der Waals surface area contributed by atoms with E-state index in [1.807, 2.05) is 25.4 Å². The number of oxazole rings is 1. The lowest BCUT2D eigenvalue weighted by Gasteiger charge is -2.29. The second-order valence-electron chi connectivity index (χ2n) is 8.47. The van der Waals surface area contributed by atoms with Crippen LogP contribution in [0, 0.1) is 0 Å². The smallest absolute Gasteiger partial charge is 0.197 e. The number of pyridine rings is 2. The largest absolute Gasteiger partial charge is 0.448 e. The van der Waals surface area contributed by atoms with Gasteiger partial charge in [-0.3, -0.25) is 19.4 Å². The molecule has 0 spiro atoms. The number of alkyl halides is 1. The van der Waals surface area contributed by atoms with Crippen molar-refractivity contribution in [2.45, 2.75) is 25.2 Å². The molecule has 5 heterocycles. The summed E-state index contributed by atoms with van der Waals surface area (Å²) >= 11 is 0. The van der Waals surface area contributed by atoms with Crippen LogP contribution in [0.15, 0.2) is 47.6 Å². The van der Waals surface area contributed by atoms with Crippen molar-refractivity contribution in [1.29, 1.82) is 0 Å². The molecule has 8 nitrogen and oxygen atoms in total. The highest BCUT2D eigenvalue weighted by Gasteiger charge is 2.25. The summed E-state index contributed by atoms with van der Waals surface area (Å²) in [5.74, 6) is 0.622. The molecule has 1 aliphatic rings. The zero-order valence-electron chi connectivity index (χ0n) is 18.4. The molecular formula is C24H25FN6O2. The molecule has 1 fully saturated rings. The first-order valence-electron chi connectivity index (χ1n) is 11.1. The normalized spacial score (nSPS) is 15.3. The highest BCUT2D eigenvalue weighted by atomic mass is 19.1. The summed E-state index contributed by atoms with van der Waals surface area (Å²) in [5, 5.41) is 5.12. The fraction of sp³-hybridized carbons (Fsp3) is 0.375. The Hall–Kier alpha value is -3.46. The Bertz CT molecular complexity index is 1270. The predicted octanol–water partition coefficient (Wildman–Crippen LogP) is 3.59. The van der Waals surface area contributed by atoms with Crippen molar-refractivity contribution >= 4 is 16.7 Å². The number of hydrogen-bond donors (Lipinski definition) is 0. The van der Waals surface area contributed by atoms with Gasteiger partial charge in [0.25, 0.3) is 0 Å². The van der Waals surface area contributed by atoms with Crippen molar-refractivity contribution in [1.82, 2.24) is 29.6 Å². The van der Waals surface area contributed by atoms with Crippen LogP contribution in [-0.4, -0.2) is 61.7 Å². The number of rotatable bonds is 7. The van der Waals surface area contributed by atoms with Gasteiger partial charge in [0.05, 0.1) is 24.3 Å². The molecule has 9 heteroatoms. The molecule has 0 atom stereocenters. The third-order valence-corrected chi connectivity index (χ3v) is 6.15. The SMILES string of the molecule is Cn1cc(-c2cnc3cnc(CC(=O)c4coc(C5CCN(CCF)CC5)n4)cc3c2)cn1. The Labute approximate surface area is 190 Å². The van der Waals surface area contributed by atoms with Gasteiger partial charge >= 0.3 is 0 Å². The number of aromatic nitrogens is 5. The quantitative estimate of drug-likeness (QED) is 0.399. The van der Waals surface area contributed by atoms with E-state index in [1.54, 1.807) is 23.3 Å². The summed E-state index contributed by atoms with van der Waals surface area (Å²) in [7, 11) is 1.87. The van der Waals surface area contributed by atoms with E-state index in [4.69, 9.17) is 4.42 Å². The molecule has 33 heavy (non-hydrogen) atoms. The maximum absolute atomic E-state index is 12.8. The van der Waals surface area contributed by atoms with Gasteiger partial charge in [-0.2, -0.15) is 5.10 Å². The highest BCUT2D eigenvalue weighted by molar-refractivity contribution is 5.95. The van der Waals surface area contributed by atoms with E-state index in [0.717, 1.165) is 48.0 Å². The molecule has 0 bridgehead atoms. The molecule has 0 aliphatic carbocycles. The van der Waals surface area contributed by atoms with Crippen LogP contribution in [-0.2, 0) is 13.5 Å². The Kier molecular flexibility index (Phi) is 5.95. The number of fused-ring (bicyclic) bond motifs is 1. The average molecular weight is 449 g/mol. The number of aryl methyl sites for hydroxylation is 1. The first-order chi connectivity index (χ1) is 16.1. The number of carbonyl (C=O) groups is 1. The Morgan fingerprint density at radius 1 is 1.15 bits per heavy atom. The number of piperidine rings is 1. The number of likely N-dealkylation sites (tertiary alicyclic amines) is 1. The van der Waals surface area contributed by atoms with Crippen molar-refractivity contribution < 1.29 is 13.6 Å². The second kappa shape index (κ2) is 9.19. The molecule has 0 N–H and O–H groups in total. The van der Waals surface area contributed by atoms with Gasteiger partial charge in [0.2, 0.25) is 0 Å². The summed E-state index contributed by atoms with van der Waals surface area (Å²) in [6.07, 6.45) is 10.5. The van der Waals surface area contributed by atoms with Gasteiger partial charge in [-0.05, 0) is 38.1 Å². The third kappa shape index (κ3) is 4.68. The Morgan fingerprint density at radius 2 is 2.00 bits per heavy atom. The molecule has 4 aromatic heterocycles. The summed E-state index contributed by atoms with van der Waals surface area (Å²) in [4.78, 5) is 28.3. The first-order valence-corrected chi connectivity index (χ1v) is 11.1. The van der Waals surface area contributed by atoms with Crippen LogP contribution in [0.25, 0.3) is 22.0 Å². The molecule has 0 radical (unpaired) electrons. The monoisotopic (exact) mass is 448 g/mol. The second-order valence-corrected chi connectivity index (χ2v) is 8.47. The van der Waals surface area contributed by atoms with E-state index < -0.39 is 0 Å². The lowest BCUT2D eigenvalue weighted by Crippen LogP contribution is -2.34. The van der Waals surface area contributed by atoms with Crippen LogP contribution in [0.5, 0.6) is 0 Å². The van der Waals surface area contributed by atoms with Crippen molar-refractivity contribution in [3.05, 3.63) is 60.5 Å². The summed E-state index contributed by atoms with van der Waals surface area (Å²) in [6, 6.07) is 3.92. The van der Waals surface area contributed by atoms with Gasteiger partial charge in [-0.15, -0.1) is 0 Å². The molecule has 1 aliphatic heterocycles. The van der Waals surface area contributed by atoms with Crippen LogP contribution in [0.1, 0.15) is 40.8 Å². The van der Waals surface area contributed by atoms with Gasteiger partial charge < -0.3 is 9.32 Å². The number of Topliss-reactive ketones (excluding diaryl/α,β-unsaturated/α-hetero) is 1. The minimum Gasteiger partial charge on any atom is -0.448 e. The van der Waals surface area contributed by atoms with Crippen LogP contribution < -0.4 is 0 Å². The first kappa shape index (κ1) is 21.4. The molecule has 0 aromatic carbocycles. The standard InChI is InChI=1S/C24H25FN6O2/c1-30-14-19(12-28-30)18-8-17-9-20(26-13-21(17)27-11-18)10-23(32)22-15-33-24(29-22)16-2-5-31(6-3-16)7-4-25/h8-9,11-16H,2-7,10H2,1H3. The number of halogens is 1. The maximum Gasteiger partial charge on any atom is 0.197 e. The van der Waals surface area contributed by atoms with Crippen LogP contribution in [0.4, 0.5) is 4.39 Å². The number of ketones is 1. The van der Waals surface area contributed by atoms with Gasteiger partial charge in [0.1, 0.15) is 18.6 Å². The summed E-state index contributed by atoms with van der Waals surface area (Å²) in [6.45, 7) is 1.78. The van der Waals surface area contributed by atoms with Crippen LogP contribution in [0.3, 0.4) is 0 Å². The lowest BCUT2D eigenvalue weighted by atomic mass is 9.97. The highest BCUT2D eigenvalue weighted by Crippen LogP contribution is 2.28. The van der Waals surface area contributed by atoms with Gasteiger partial charge in [-0.25, -0.2) is 9.37 Å². The lowest BCUT2D eigenvalue weighted by molar-refractivity contribution is 0.0987. The van der Waals surface area contributed by atoms with Gasteiger partial charge in [0.15, 0.2) is 11.7 Å². The maximum atomic E-state index is 12.8. The topological polar surface area (TPSA) is 89.9 Å². The van der Waals surface area contributed by atoms with Crippen LogP contribution >= 0.6 is 0 Å². The molecule has 0 amide bonds. The zero-order chi connectivity index (χ0) is 22.8.